The van der Waals surface area contributed by atoms with E-state index >= 15 is 0 Å². The standard InChI is InChI=1S/C6H3BrIN3/c7-3-1-2-9-5-4(3)10-11-6(5)8/h1-2H,(H,10,11). The molecule has 0 fully saturated rings. The minimum absolute atomic E-state index is 0.886. The summed E-state index contributed by atoms with van der Waals surface area (Å²) in [4.78, 5) is 4.17. The Bertz CT molecular complexity index is 398. The molecule has 5 heteroatoms. The topological polar surface area (TPSA) is 41.6 Å². The normalized spacial score (nSPS) is 10.7. The van der Waals surface area contributed by atoms with Crippen LogP contribution in [0.1, 0.15) is 0 Å². The second-order valence-electron chi connectivity index (χ2n) is 2.03. The molecule has 11 heavy (non-hydrogen) atoms. The summed E-state index contributed by atoms with van der Waals surface area (Å²) in [6.45, 7) is 0. The minimum Gasteiger partial charge on any atom is -0.269 e. The molecule has 0 aliphatic heterocycles. The van der Waals surface area contributed by atoms with E-state index in [0.29, 0.717) is 0 Å². The SMILES string of the molecule is Brc1ccnc2c(I)[nH]nc12. The van der Waals surface area contributed by atoms with Gasteiger partial charge in [-0.2, -0.15) is 5.10 Å². The molecular formula is C6H3BrIN3. The molecule has 2 aromatic rings. The fourth-order valence-electron chi connectivity index (χ4n) is 0.855. The Morgan fingerprint density at radius 1 is 1.45 bits per heavy atom. The maximum atomic E-state index is 4.17. The number of pyridine rings is 1. The molecule has 56 valence electrons. The molecule has 0 spiro atoms. The van der Waals surface area contributed by atoms with Gasteiger partial charge in [-0.1, -0.05) is 0 Å². The highest BCUT2D eigenvalue weighted by Crippen LogP contribution is 2.22. The van der Waals surface area contributed by atoms with E-state index in [2.05, 4.69) is 53.7 Å². The smallest absolute Gasteiger partial charge is 0.126 e. The highest BCUT2D eigenvalue weighted by Gasteiger charge is 2.05. The van der Waals surface area contributed by atoms with Gasteiger partial charge in [0.25, 0.3) is 0 Å². The van der Waals surface area contributed by atoms with Crippen LogP contribution in [0.4, 0.5) is 0 Å². The third-order valence-electron chi connectivity index (χ3n) is 1.35. The third kappa shape index (κ3) is 1.16. The predicted octanol–water partition coefficient (Wildman–Crippen LogP) is 2.32. The molecule has 2 rings (SSSR count). The second kappa shape index (κ2) is 2.71. The van der Waals surface area contributed by atoms with E-state index in [4.69, 9.17) is 0 Å². The van der Waals surface area contributed by atoms with Gasteiger partial charge in [-0.05, 0) is 44.6 Å². The van der Waals surface area contributed by atoms with E-state index in [9.17, 15) is 0 Å². The number of halogens is 2. The Morgan fingerprint density at radius 3 is 3.00 bits per heavy atom. The first-order chi connectivity index (χ1) is 5.29. The number of aromatic nitrogens is 3. The van der Waals surface area contributed by atoms with Gasteiger partial charge >= 0.3 is 0 Å². The van der Waals surface area contributed by atoms with Crippen LogP contribution in [0, 0.1) is 3.70 Å². The van der Waals surface area contributed by atoms with Crippen LogP contribution < -0.4 is 0 Å². The van der Waals surface area contributed by atoms with Crippen LogP contribution in [0.15, 0.2) is 16.7 Å². The number of fused-ring (bicyclic) bond motifs is 1. The summed E-state index contributed by atoms with van der Waals surface area (Å²) in [6.07, 6.45) is 1.75. The molecule has 0 saturated heterocycles. The van der Waals surface area contributed by atoms with Crippen molar-refractivity contribution in [3.63, 3.8) is 0 Å². The first-order valence-electron chi connectivity index (χ1n) is 2.93. The zero-order valence-electron chi connectivity index (χ0n) is 5.31. The van der Waals surface area contributed by atoms with Gasteiger partial charge in [-0.15, -0.1) is 0 Å². The van der Waals surface area contributed by atoms with E-state index in [1.165, 1.54) is 0 Å². The van der Waals surface area contributed by atoms with Crippen LogP contribution in [-0.2, 0) is 0 Å². The van der Waals surface area contributed by atoms with Gasteiger partial charge in [0.2, 0.25) is 0 Å². The molecule has 0 bridgehead atoms. The Kier molecular flexibility index (Phi) is 1.84. The van der Waals surface area contributed by atoms with Crippen LogP contribution in [0.2, 0.25) is 0 Å². The van der Waals surface area contributed by atoms with Crippen LogP contribution in [-0.4, -0.2) is 15.2 Å². The van der Waals surface area contributed by atoms with Crippen molar-refractivity contribution in [1.82, 2.24) is 15.2 Å². The monoisotopic (exact) mass is 323 g/mol. The first kappa shape index (κ1) is 7.48. The van der Waals surface area contributed by atoms with E-state index in [-0.39, 0.29) is 0 Å². The Morgan fingerprint density at radius 2 is 2.27 bits per heavy atom. The molecule has 1 N–H and O–H groups in total. The second-order valence-corrected chi connectivity index (χ2v) is 3.96. The van der Waals surface area contributed by atoms with Crippen molar-refractivity contribution >= 4 is 49.6 Å². The van der Waals surface area contributed by atoms with Crippen molar-refractivity contribution in [2.75, 3.05) is 0 Å². The van der Waals surface area contributed by atoms with E-state index in [1.54, 1.807) is 6.20 Å². The van der Waals surface area contributed by atoms with Crippen molar-refractivity contribution in [2.24, 2.45) is 0 Å². The minimum atomic E-state index is 0.886. The van der Waals surface area contributed by atoms with E-state index < -0.39 is 0 Å². The molecule has 3 nitrogen and oxygen atoms in total. The summed E-state index contributed by atoms with van der Waals surface area (Å²) < 4.78 is 1.94. The number of H-pyrrole nitrogens is 1. The Labute approximate surface area is 84.9 Å². The van der Waals surface area contributed by atoms with Gasteiger partial charge in [-0.3, -0.25) is 10.1 Å². The quantitative estimate of drug-likeness (QED) is 0.756. The zero-order valence-corrected chi connectivity index (χ0v) is 9.05. The lowest BCUT2D eigenvalue weighted by Crippen LogP contribution is -1.75. The van der Waals surface area contributed by atoms with Gasteiger partial charge in [0.05, 0.1) is 0 Å². The summed E-state index contributed by atoms with van der Waals surface area (Å²) in [5.41, 5.74) is 1.80. The first-order valence-corrected chi connectivity index (χ1v) is 4.80. The highest BCUT2D eigenvalue weighted by atomic mass is 127. The number of nitrogens with one attached hydrogen (secondary N) is 1. The Balaban J connectivity index is 2.94. The molecule has 2 aromatic heterocycles. The molecule has 0 amide bonds. The van der Waals surface area contributed by atoms with E-state index in [1.807, 2.05) is 6.07 Å². The lowest BCUT2D eigenvalue weighted by molar-refractivity contribution is 1.09. The van der Waals surface area contributed by atoms with Crippen LogP contribution in [0.3, 0.4) is 0 Å². The van der Waals surface area contributed by atoms with Crippen molar-refractivity contribution in [3.05, 3.63) is 20.4 Å². The summed E-state index contributed by atoms with van der Waals surface area (Å²) in [6, 6.07) is 1.87. The number of nitrogens with zero attached hydrogens (tertiary/aromatic N) is 2. The number of hydrogen-bond acceptors (Lipinski definition) is 2. The summed E-state index contributed by atoms with van der Waals surface area (Å²) in [5, 5.41) is 6.94. The molecule has 0 aliphatic carbocycles. The van der Waals surface area contributed by atoms with Gasteiger partial charge < -0.3 is 0 Å². The summed E-state index contributed by atoms with van der Waals surface area (Å²) in [7, 11) is 0. The molecule has 0 saturated carbocycles. The van der Waals surface area contributed by atoms with Crippen molar-refractivity contribution < 1.29 is 0 Å². The fraction of sp³-hybridized carbons (Fsp3) is 0. The molecule has 0 aliphatic rings. The van der Waals surface area contributed by atoms with Gasteiger partial charge in [-0.25, -0.2) is 0 Å². The van der Waals surface area contributed by atoms with Crippen LogP contribution in [0.25, 0.3) is 11.0 Å². The van der Waals surface area contributed by atoms with Crippen molar-refractivity contribution in [3.8, 4) is 0 Å². The number of hydrogen-bond donors (Lipinski definition) is 1. The average molecular weight is 324 g/mol. The van der Waals surface area contributed by atoms with Gasteiger partial charge in [0.1, 0.15) is 14.7 Å². The highest BCUT2D eigenvalue weighted by molar-refractivity contribution is 14.1. The van der Waals surface area contributed by atoms with Crippen molar-refractivity contribution in [2.45, 2.75) is 0 Å². The van der Waals surface area contributed by atoms with Gasteiger partial charge in [0.15, 0.2) is 0 Å². The lowest BCUT2D eigenvalue weighted by Gasteiger charge is -1.88. The van der Waals surface area contributed by atoms with Gasteiger partial charge in [0, 0.05) is 10.7 Å². The van der Waals surface area contributed by atoms with Crippen molar-refractivity contribution in [1.29, 1.82) is 0 Å². The molecule has 0 atom stereocenters. The predicted molar refractivity (Wildman–Crippen MR) is 54.3 cm³/mol. The average Bonchev–Trinajstić information content (AvgIpc) is 2.35. The summed E-state index contributed by atoms with van der Waals surface area (Å²) >= 11 is 5.55. The van der Waals surface area contributed by atoms with Crippen LogP contribution >= 0.6 is 38.5 Å². The molecular weight excluding hydrogens is 321 g/mol. The third-order valence-corrected chi connectivity index (χ3v) is 2.74. The summed E-state index contributed by atoms with van der Waals surface area (Å²) in [5.74, 6) is 0. The fourth-order valence-corrected chi connectivity index (χ4v) is 1.77. The Hall–Kier alpha value is -0.170. The van der Waals surface area contributed by atoms with E-state index in [0.717, 1.165) is 19.2 Å². The molecule has 2 heterocycles. The molecule has 0 aromatic carbocycles. The zero-order chi connectivity index (χ0) is 7.84. The number of aromatic amines is 1. The largest absolute Gasteiger partial charge is 0.269 e. The maximum absolute atomic E-state index is 4.17. The number of rotatable bonds is 0. The molecule has 0 unspecified atom stereocenters. The lowest BCUT2D eigenvalue weighted by atomic mass is 10.4. The maximum Gasteiger partial charge on any atom is 0.126 e. The molecule has 0 radical (unpaired) electrons. The van der Waals surface area contributed by atoms with Crippen LogP contribution in [0.5, 0.6) is 0 Å².